The van der Waals surface area contributed by atoms with E-state index in [9.17, 15) is 0 Å². The van der Waals surface area contributed by atoms with Gasteiger partial charge < -0.3 is 4.74 Å². The summed E-state index contributed by atoms with van der Waals surface area (Å²) < 4.78 is 5.70. The van der Waals surface area contributed by atoms with Crippen LogP contribution in [0, 0.1) is 18.3 Å². The highest BCUT2D eigenvalue weighted by Gasteiger charge is 2.03. The van der Waals surface area contributed by atoms with Gasteiger partial charge in [-0.25, -0.2) is 0 Å². The molecule has 0 radical (unpaired) electrons. The number of ether oxygens (including phenoxy) is 1. The summed E-state index contributed by atoms with van der Waals surface area (Å²) in [5.41, 5.74) is 1.57. The number of nitrogens with zero attached hydrogens (tertiary/aromatic N) is 1. The second-order valence-electron chi connectivity index (χ2n) is 3.65. The number of aryl methyl sites for hydroxylation is 1. The van der Waals surface area contributed by atoms with Gasteiger partial charge >= 0.3 is 0 Å². The molecule has 0 N–H and O–H groups in total. The minimum Gasteiger partial charge on any atom is -0.457 e. The summed E-state index contributed by atoms with van der Waals surface area (Å²) in [6.07, 6.45) is 0. The second-order valence-corrected chi connectivity index (χ2v) is 4.09. The second kappa shape index (κ2) is 4.90. The average molecular weight is 244 g/mol. The SMILES string of the molecule is Cc1ccc(Cl)cc1Oc1cccc(C#N)c1. The van der Waals surface area contributed by atoms with Crippen LogP contribution >= 0.6 is 11.6 Å². The number of halogens is 1. The van der Waals surface area contributed by atoms with Crippen LogP contribution in [0.2, 0.25) is 5.02 Å². The molecule has 0 saturated heterocycles. The van der Waals surface area contributed by atoms with Crippen molar-refractivity contribution in [2.45, 2.75) is 6.92 Å². The molecule has 3 heteroatoms. The van der Waals surface area contributed by atoms with E-state index < -0.39 is 0 Å². The quantitative estimate of drug-likeness (QED) is 0.787. The van der Waals surface area contributed by atoms with Crippen LogP contribution in [-0.2, 0) is 0 Å². The Morgan fingerprint density at radius 3 is 2.76 bits per heavy atom. The van der Waals surface area contributed by atoms with Crippen molar-refractivity contribution in [2.75, 3.05) is 0 Å². The summed E-state index contributed by atoms with van der Waals surface area (Å²) in [7, 11) is 0. The summed E-state index contributed by atoms with van der Waals surface area (Å²) in [5.74, 6) is 1.34. The van der Waals surface area contributed by atoms with Gasteiger partial charge in [0.05, 0.1) is 11.6 Å². The van der Waals surface area contributed by atoms with E-state index in [1.807, 2.05) is 19.1 Å². The van der Waals surface area contributed by atoms with Gasteiger partial charge in [0.15, 0.2) is 0 Å². The van der Waals surface area contributed by atoms with Crippen LogP contribution in [0.5, 0.6) is 11.5 Å². The topological polar surface area (TPSA) is 33.0 Å². The summed E-state index contributed by atoms with van der Waals surface area (Å²) >= 11 is 5.91. The predicted octanol–water partition coefficient (Wildman–Crippen LogP) is 4.31. The van der Waals surface area contributed by atoms with Crippen molar-refractivity contribution in [3.8, 4) is 17.6 Å². The molecule has 0 aliphatic carbocycles. The van der Waals surface area contributed by atoms with Gasteiger partial charge in [0.25, 0.3) is 0 Å². The normalized spacial score (nSPS) is 9.71. The van der Waals surface area contributed by atoms with E-state index in [1.165, 1.54) is 0 Å². The Bertz CT molecular complexity index is 587. The molecule has 2 nitrogen and oxygen atoms in total. The molecule has 0 atom stereocenters. The Kier molecular flexibility index (Phi) is 3.32. The Labute approximate surface area is 105 Å². The number of hydrogen-bond acceptors (Lipinski definition) is 2. The molecule has 2 aromatic rings. The van der Waals surface area contributed by atoms with Crippen LogP contribution in [0.3, 0.4) is 0 Å². The van der Waals surface area contributed by atoms with Gasteiger partial charge in [-0.3, -0.25) is 0 Å². The molecule has 0 aliphatic heterocycles. The molecule has 0 amide bonds. The Balaban J connectivity index is 2.31. The monoisotopic (exact) mass is 243 g/mol. The lowest BCUT2D eigenvalue weighted by Crippen LogP contribution is -1.88. The Hall–Kier alpha value is -1.98. The molecular weight excluding hydrogens is 234 g/mol. The molecule has 0 heterocycles. The number of benzene rings is 2. The van der Waals surface area contributed by atoms with E-state index in [0.717, 1.165) is 5.56 Å². The number of nitriles is 1. The van der Waals surface area contributed by atoms with Crippen molar-refractivity contribution in [2.24, 2.45) is 0 Å². The van der Waals surface area contributed by atoms with Crippen LogP contribution in [0.25, 0.3) is 0 Å². The fraction of sp³-hybridized carbons (Fsp3) is 0.0714. The van der Waals surface area contributed by atoms with Crippen LogP contribution in [0.4, 0.5) is 0 Å². The first-order chi connectivity index (χ1) is 8.19. The van der Waals surface area contributed by atoms with Crippen molar-refractivity contribution < 1.29 is 4.74 Å². The smallest absolute Gasteiger partial charge is 0.131 e. The molecule has 0 unspecified atom stereocenters. The highest BCUT2D eigenvalue weighted by Crippen LogP contribution is 2.28. The zero-order valence-electron chi connectivity index (χ0n) is 9.27. The third-order valence-corrected chi connectivity index (χ3v) is 2.58. The zero-order chi connectivity index (χ0) is 12.3. The summed E-state index contributed by atoms with van der Waals surface area (Å²) in [5, 5.41) is 9.43. The molecule has 0 aromatic heterocycles. The summed E-state index contributed by atoms with van der Waals surface area (Å²) in [4.78, 5) is 0. The molecule has 0 spiro atoms. The van der Waals surface area contributed by atoms with E-state index in [-0.39, 0.29) is 0 Å². The summed E-state index contributed by atoms with van der Waals surface area (Å²) in [6, 6.07) is 14.6. The molecule has 0 saturated carbocycles. The van der Waals surface area contributed by atoms with Crippen LogP contribution < -0.4 is 4.74 Å². The number of rotatable bonds is 2. The molecule has 0 aliphatic rings. The van der Waals surface area contributed by atoms with Crippen molar-refractivity contribution >= 4 is 11.6 Å². The molecule has 2 rings (SSSR count). The van der Waals surface area contributed by atoms with E-state index in [1.54, 1.807) is 30.3 Å². The van der Waals surface area contributed by atoms with E-state index in [4.69, 9.17) is 21.6 Å². The minimum absolute atomic E-state index is 0.571. The lowest BCUT2D eigenvalue weighted by Gasteiger charge is -2.09. The maximum Gasteiger partial charge on any atom is 0.131 e. The van der Waals surface area contributed by atoms with Crippen molar-refractivity contribution in [1.29, 1.82) is 5.26 Å². The van der Waals surface area contributed by atoms with Crippen molar-refractivity contribution in [3.05, 3.63) is 58.6 Å². The third kappa shape index (κ3) is 2.77. The average Bonchev–Trinajstić information content (AvgIpc) is 2.34. The largest absolute Gasteiger partial charge is 0.457 e. The van der Waals surface area contributed by atoms with Gasteiger partial charge in [-0.15, -0.1) is 0 Å². The van der Waals surface area contributed by atoms with Gasteiger partial charge in [0.1, 0.15) is 11.5 Å². The van der Waals surface area contributed by atoms with Crippen LogP contribution in [0.15, 0.2) is 42.5 Å². The zero-order valence-corrected chi connectivity index (χ0v) is 10.0. The van der Waals surface area contributed by atoms with E-state index in [2.05, 4.69) is 6.07 Å². The van der Waals surface area contributed by atoms with Gasteiger partial charge in [0, 0.05) is 5.02 Å². The molecule has 0 bridgehead atoms. The van der Waals surface area contributed by atoms with Gasteiger partial charge in [0.2, 0.25) is 0 Å². The standard InChI is InChI=1S/C14H10ClNO/c1-10-5-6-12(15)8-14(10)17-13-4-2-3-11(7-13)9-16/h2-8H,1H3. The first-order valence-electron chi connectivity index (χ1n) is 5.13. The first-order valence-corrected chi connectivity index (χ1v) is 5.51. The van der Waals surface area contributed by atoms with Crippen molar-refractivity contribution in [3.63, 3.8) is 0 Å². The molecule has 2 aromatic carbocycles. The fourth-order valence-electron chi connectivity index (χ4n) is 1.44. The lowest BCUT2D eigenvalue weighted by molar-refractivity contribution is 0.479. The lowest BCUT2D eigenvalue weighted by atomic mass is 10.2. The maximum atomic E-state index is 8.80. The fourth-order valence-corrected chi connectivity index (χ4v) is 1.60. The van der Waals surface area contributed by atoms with Gasteiger partial charge in [-0.1, -0.05) is 23.7 Å². The third-order valence-electron chi connectivity index (χ3n) is 2.34. The Morgan fingerprint density at radius 2 is 2.00 bits per heavy atom. The summed E-state index contributed by atoms with van der Waals surface area (Å²) in [6.45, 7) is 1.94. The molecule has 17 heavy (non-hydrogen) atoms. The number of hydrogen-bond donors (Lipinski definition) is 0. The molecule has 0 fully saturated rings. The highest BCUT2D eigenvalue weighted by atomic mass is 35.5. The first kappa shape index (κ1) is 11.5. The molecular formula is C14H10ClNO. The van der Waals surface area contributed by atoms with Gasteiger partial charge in [-0.05, 0) is 42.8 Å². The van der Waals surface area contributed by atoms with E-state index >= 15 is 0 Å². The van der Waals surface area contributed by atoms with Crippen molar-refractivity contribution in [1.82, 2.24) is 0 Å². The minimum atomic E-state index is 0.571. The van der Waals surface area contributed by atoms with E-state index in [0.29, 0.717) is 22.1 Å². The maximum absolute atomic E-state index is 8.80. The predicted molar refractivity (Wildman–Crippen MR) is 67.4 cm³/mol. The van der Waals surface area contributed by atoms with Crippen LogP contribution in [0.1, 0.15) is 11.1 Å². The Morgan fingerprint density at radius 1 is 1.18 bits per heavy atom. The van der Waals surface area contributed by atoms with Crippen LogP contribution in [-0.4, -0.2) is 0 Å². The molecule has 84 valence electrons. The van der Waals surface area contributed by atoms with Gasteiger partial charge in [-0.2, -0.15) is 5.26 Å². The highest BCUT2D eigenvalue weighted by molar-refractivity contribution is 6.30.